The monoisotopic (exact) mass is 241 g/mol. The van der Waals surface area contributed by atoms with Crippen LogP contribution in [0.2, 0.25) is 0 Å². The molecule has 2 N–H and O–H groups in total. The maximum atomic E-state index is 11.7. The van der Waals surface area contributed by atoms with E-state index < -0.39 is 12.1 Å². The van der Waals surface area contributed by atoms with Crippen LogP contribution < -0.4 is 5.32 Å². The SMILES string of the molecule is COC(CNC(=O)c1cc(C)oc1C)C(=O)O. The standard InChI is InChI=1S/C11H15NO5/c1-6-4-8(7(2)17-6)10(13)12-5-9(16-3)11(14)15/h4,9H,5H2,1-3H3,(H,12,13)(H,14,15). The Bertz CT molecular complexity index is 423. The molecule has 1 rings (SSSR count). The van der Waals surface area contributed by atoms with Crippen LogP contribution in [0.15, 0.2) is 10.5 Å². The highest BCUT2D eigenvalue weighted by atomic mass is 16.5. The molecule has 0 spiro atoms. The van der Waals surface area contributed by atoms with Crippen LogP contribution >= 0.6 is 0 Å². The smallest absolute Gasteiger partial charge is 0.334 e. The van der Waals surface area contributed by atoms with Gasteiger partial charge in [-0.05, 0) is 19.9 Å². The van der Waals surface area contributed by atoms with Crippen LogP contribution in [0.3, 0.4) is 0 Å². The summed E-state index contributed by atoms with van der Waals surface area (Å²) in [7, 11) is 1.28. The molecular weight excluding hydrogens is 226 g/mol. The molecular formula is C11H15NO5. The van der Waals surface area contributed by atoms with Gasteiger partial charge in [-0.2, -0.15) is 0 Å². The van der Waals surface area contributed by atoms with E-state index in [1.165, 1.54) is 7.11 Å². The zero-order valence-electron chi connectivity index (χ0n) is 9.94. The first-order valence-electron chi connectivity index (χ1n) is 5.06. The maximum Gasteiger partial charge on any atom is 0.334 e. The first-order valence-corrected chi connectivity index (χ1v) is 5.06. The Balaban J connectivity index is 2.61. The van der Waals surface area contributed by atoms with E-state index in [0.29, 0.717) is 17.1 Å². The van der Waals surface area contributed by atoms with E-state index in [1.54, 1.807) is 19.9 Å². The molecule has 1 aromatic rings. The summed E-state index contributed by atoms with van der Waals surface area (Å²) < 4.78 is 9.90. The zero-order chi connectivity index (χ0) is 13.0. The Hall–Kier alpha value is -1.82. The molecule has 1 atom stereocenters. The molecule has 1 amide bonds. The minimum atomic E-state index is -1.12. The predicted molar refractivity (Wildman–Crippen MR) is 58.9 cm³/mol. The van der Waals surface area contributed by atoms with Crippen molar-refractivity contribution in [3.63, 3.8) is 0 Å². The number of nitrogens with one attached hydrogen (secondary N) is 1. The van der Waals surface area contributed by atoms with Crippen molar-refractivity contribution < 1.29 is 23.8 Å². The van der Waals surface area contributed by atoms with Gasteiger partial charge in [-0.25, -0.2) is 4.79 Å². The maximum absolute atomic E-state index is 11.7. The van der Waals surface area contributed by atoms with Gasteiger partial charge in [0, 0.05) is 7.11 Å². The van der Waals surface area contributed by atoms with E-state index >= 15 is 0 Å². The molecule has 1 unspecified atom stereocenters. The second-order valence-electron chi connectivity index (χ2n) is 3.60. The number of carbonyl (C=O) groups excluding carboxylic acids is 1. The lowest BCUT2D eigenvalue weighted by atomic mass is 10.2. The highest BCUT2D eigenvalue weighted by molar-refractivity contribution is 5.95. The van der Waals surface area contributed by atoms with Crippen LogP contribution in [0.4, 0.5) is 0 Å². The lowest BCUT2D eigenvalue weighted by Gasteiger charge is -2.10. The number of carboxylic acid groups (broad SMARTS) is 1. The number of aliphatic carboxylic acids is 1. The normalized spacial score (nSPS) is 12.2. The highest BCUT2D eigenvalue weighted by Crippen LogP contribution is 2.13. The van der Waals surface area contributed by atoms with Crippen molar-refractivity contribution in [2.45, 2.75) is 20.0 Å². The third kappa shape index (κ3) is 3.32. The molecule has 0 bridgehead atoms. The van der Waals surface area contributed by atoms with Crippen LogP contribution in [-0.4, -0.2) is 36.7 Å². The van der Waals surface area contributed by atoms with E-state index in [2.05, 4.69) is 5.32 Å². The van der Waals surface area contributed by atoms with Crippen LogP contribution in [0.1, 0.15) is 21.9 Å². The summed E-state index contributed by atoms with van der Waals surface area (Å²) in [4.78, 5) is 22.4. The van der Waals surface area contributed by atoms with Crippen LogP contribution in [-0.2, 0) is 9.53 Å². The van der Waals surface area contributed by atoms with E-state index in [4.69, 9.17) is 14.3 Å². The topological polar surface area (TPSA) is 88.8 Å². The zero-order valence-corrected chi connectivity index (χ0v) is 9.94. The van der Waals surface area contributed by atoms with E-state index in [0.717, 1.165) is 0 Å². The van der Waals surface area contributed by atoms with Crippen LogP contribution in [0, 0.1) is 13.8 Å². The van der Waals surface area contributed by atoms with E-state index in [9.17, 15) is 9.59 Å². The summed E-state index contributed by atoms with van der Waals surface area (Å²) in [5.41, 5.74) is 0.405. The summed E-state index contributed by atoms with van der Waals surface area (Å²) in [6, 6.07) is 1.60. The van der Waals surface area contributed by atoms with Crippen molar-refractivity contribution in [2.75, 3.05) is 13.7 Å². The Morgan fingerprint density at radius 2 is 2.18 bits per heavy atom. The quantitative estimate of drug-likeness (QED) is 0.793. The molecule has 6 nitrogen and oxygen atoms in total. The van der Waals surface area contributed by atoms with Gasteiger partial charge in [-0.1, -0.05) is 0 Å². The van der Waals surface area contributed by atoms with Crippen molar-refractivity contribution >= 4 is 11.9 Å². The molecule has 0 radical (unpaired) electrons. The fourth-order valence-electron chi connectivity index (χ4n) is 1.41. The summed E-state index contributed by atoms with van der Waals surface area (Å²) >= 11 is 0. The van der Waals surface area contributed by atoms with Gasteiger partial charge in [0.05, 0.1) is 12.1 Å². The fraction of sp³-hybridized carbons (Fsp3) is 0.455. The van der Waals surface area contributed by atoms with Crippen molar-refractivity contribution in [1.29, 1.82) is 0 Å². The number of furan rings is 1. The molecule has 0 aromatic carbocycles. The van der Waals surface area contributed by atoms with Crippen molar-refractivity contribution in [3.05, 3.63) is 23.2 Å². The lowest BCUT2D eigenvalue weighted by Crippen LogP contribution is -2.37. The molecule has 94 valence electrons. The molecule has 0 aliphatic carbocycles. The molecule has 0 saturated carbocycles. The molecule has 0 aliphatic heterocycles. The predicted octanol–water partition coefficient (Wildman–Crippen LogP) is 0.726. The second kappa shape index (κ2) is 5.49. The third-order valence-corrected chi connectivity index (χ3v) is 2.29. The van der Waals surface area contributed by atoms with Gasteiger partial charge < -0.3 is 19.6 Å². The number of carboxylic acids is 1. The minimum Gasteiger partial charge on any atom is -0.479 e. The average Bonchev–Trinajstić information content (AvgIpc) is 2.58. The number of carbonyl (C=O) groups is 2. The minimum absolute atomic E-state index is 0.0890. The summed E-state index contributed by atoms with van der Waals surface area (Å²) in [6.45, 7) is 3.32. The molecule has 0 fully saturated rings. The number of hydrogen-bond donors (Lipinski definition) is 2. The fourth-order valence-corrected chi connectivity index (χ4v) is 1.41. The highest BCUT2D eigenvalue weighted by Gasteiger charge is 2.19. The second-order valence-corrected chi connectivity index (χ2v) is 3.60. The van der Waals surface area contributed by atoms with Gasteiger partial charge in [0.1, 0.15) is 11.5 Å². The number of hydrogen-bond acceptors (Lipinski definition) is 4. The Morgan fingerprint density at radius 1 is 1.53 bits per heavy atom. The number of aryl methyl sites for hydroxylation is 2. The van der Waals surface area contributed by atoms with Gasteiger partial charge >= 0.3 is 5.97 Å². The van der Waals surface area contributed by atoms with Crippen LogP contribution in [0.5, 0.6) is 0 Å². The van der Waals surface area contributed by atoms with Gasteiger partial charge in [0.2, 0.25) is 0 Å². The van der Waals surface area contributed by atoms with Crippen molar-refractivity contribution in [1.82, 2.24) is 5.32 Å². The van der Waals surface area contributed by atoms with Gasteiger partial charge in [0.15, 0.2) is 6.10 Å². The molecule has 1 aromatic heterocycles. The molecule has 17 heavy (non-hydrogen) atoms. The summed E-state index contributed by atoms with van der Waals surface area (Å²) in [5, 5.41) is 11.2. The van der Waals surface area contributed by atoms with Crippen molar-refractivity contribution in [3.8, 4) is 0 Å². The van der Waals surface area contributed by atoms with Crippen molar-refractivity contribution in [2.24, 2.45) is 0 Å². The lowest BCUT2D eigenvalue weighted by molar-refractivity contribution is -0.148. The number of rotatable bonds is 5. The van der Waals surface area contributed by atoms with Gasteiger partial charge in [0.25, 0.3) is 5.91 Å². The van der Waals surface area contributed by atoms with Gasteiger partial charge in [-0.15, -0.1) is 0 Å². The Kier molecular flexibility index (Phi) is 4.28. The number of amides is 1. The number of methoxy groups -OCH3 is 1. The average molecular weight is 241 g/mol. The largest absolute Gasteiger partial charge is 0.479 e. The third-order valence-electron chi connectivity index (χ3n) is 2.29. The Morgan fingerprint density at radius 3 is 2.59 bits per heavy atom. The Labute approximate surface area is 98.6 Å². The summed E-state index contributed by atoms with van der Waals surface area (Å²) in [6.07, 6.45) is -1.05. The number of ether oxygens (including phenoxy) is 1. The molecule has 0 aliphatic rings. The van der Waals surface area contributed by atoms with E-state index in [1.807, 2.05) is 0 Å². The van der Waals surface area contributed by atoms with Gasteiger partial charge in [-0.3, -0.25) is 4.79 Å². The van der Waals surface area contributed by atoms with Crippen LogP contribution in [0.25, 0.3) is 0 Å². The summed E-state index contributed by atoms with van der Waals surface area (Å²) in [5.74, 6) is -0.353. The van der Waals surface area contributed by atoms with E-state index in [-0.39, 0.29) is 12.5 Å². The first-order chi connectivity index (χ1) is 7.95. The first kappa shape index (κ1) is 13.2. The molecule has 1 heterocycles. The molecule has 0 saturated heterocycles. The molecule has 6 heteroatoms.